The highest BCUT2D eigenvalue weighted by Crippen LogP contribution is 2.28. The Labute approximate surface area is 99.6 Å². The molecule has 2 rings (SSSR count). The van der Waals surface area contributed by atoms with Crippen molar-refractivity contribution in [2.45, 2.75) is 31.5 Å². The van der Waals surface area contributed by atoms with Crippen LogP contribution in [0.15, 0.2) is 0 Å². The molecule has 2 saturated heterocycles. The largest absolute Gasteiger partial charge is 0.304 e. The van der Waals surface area contributed by atoms with E-state index in [4.69, 9.17) is 5.26 Å². The Morgan fingerprint density at radius 2 is 2.06 bits per heavy atom. The maximum Gasteiger partial charge on any atom is 0.110 e. The van der Waals surface area contributed by atoms with Crippen LogP contribution in [-0.2, 0) is 0 Å². The van der Waals surface area contributed by atoms with Gasteiger partial charge in [0, 0.05) is 38.6 Å². The molecule has 16 heavy (non-hydrogen) atoms. The number of hydrogen-bond acceptors (Lipinski definition) is 3. The standard InChI is InChI=1S/C12H21BN3/c1-15-6-8-16(9-7-15)12-2-4-13-10-11(12)3-5-14/h11-12H,2-4,6-10H2,1H3. The van der Waals surface area contributed by atoms with Gasteiger partial charge in [-0.05, 0) is 19.4 Å². The van der Waals surface area contributed by atoms with Gasteiger partial charge in [0.2, 0.25) is 0 Å². The molecule has 2 aliphatic rings. The fraction of sp³-hybridized carbons (Fsp3) is 0.917. The smallest absolute Gasteiger partial charge is 0.110 e. The van der Waals surface area contributed by atoms with Crippen molar-refractivity contribution >= 4 is 7.28 Å². The molecule has 3 nitrogen and oxygen atoms in total. The van der Waals surface area contributed by atoms with E-state index in [-0.39, 0.29) is 0 Å². The van der Waals surface area contributed by atoms with Crippen LogP contribution in [0.3, 0.4) is 0 Å². The van der Waals surface area contributed by atoms with Crippen LogP contribution in [0.2, 0.25) is 12.6 Å². The van der Waals surface area contributed by atoms with Gasteiger partial charge in [-0.25, -0.2) is 0 Å². The first-order valence-corrected chi connectivity index (χ1v) is 6.42. The van der Waals surface area contributed by atoms with Gasteiger partial charge in [0.15, 0.2) is 0 Å². The van der Waals surface area contributed by atoms with Crippen molar-refractivity contribution in [1.82, 2.24) is 9.80 Å². The third-order valence-electron chi connectivity index (χ3n) is 4.04. The topological polar surface area (TPSA) is 30.3 Å². The van der Waals surface area contributed by atoms with Gasteiger partial charge in [0.25, 0.3) is 0 Å². The molecule has 4 heteroatoms. The van der Waals surface area contributed by atoms with E-state index in [0.29, 0.717) is 12.0 Å². The molecule has 87 valence electrons. The fourth-order valence-electron chi connectivity index (χ4n) is 2.98. The molecule has 0 aromatic heterocycles. The third-order valence-corrected chi connectivity index (χ3v) is 4.04. The van der Waals surface area contributed by atoms with Crippen molar-refractivity contribution in [3.8, 4) is 6.07 Å². The third kappa shape index (κ3) is 2.78. The van der Waals surface area contributed by atoms with Crippen LogP contribution in [0, 0.1) is 17.2 Å². The average Bonchev–Trinajstić information content (AvgIpc) is 2.32. The Kier molecular flexibility index (Phi) is 4.26. The van der Waals surface area contributed by atoms with Gasteiger partial charge in [0.05, 0.1) is 6.07 Å². The molecule has 0 N–H and O–H groups in total. The predicted octanol–water partition coefficient (Wildman–Crippen LogP) is 1.08. The van der Waals surface area contributed by atoms with E-state index < -0.39 is 0 Å². The summed E-state index contributed by atoms with van der Waals surface area (Å²) in [5.41, 5.74) is 0. The molecule has 0 amide bonds. The maximum atomic E-state index is 8.89. The van der Waals surface area contributed by atoms with Crippen LogP contribution in [-0.4, -0.2) is 56.3 Å². The molecule has 2 fully saturated rings. The van der Waals surface area contributed by atoms with Crippen molar-refractivity contribution < 1.29 is 0 Å². The summed E-state index contributed by atoms with van der Waals surface area (Å²) >= 11 is 0. The van der Waals surface area contributed by atoms with Crippen molar-refractivity contribution in [3.05, 3.63) is 0 Å². The van der Waals surface area contributed by atoms with E-state index in [1.54, 1.807) is 0 Å². The van der Waals surface area contributed by atoms with Crippen LogP contribution >= 0.6 is 0 Å². The number of nitriles is 1. The van der Waals surface area contributed by atoms with E-state index in [1.165, 1.54) is 38.9 Å². The fourth-order valence-corrected chi connectivity index (χ4v) is 2.98. The lowest BCUT2D eigenvalue weighted by Gasteiger charge is -2.43. The average molecular weight is 218 g/mol. The molecule has 0 aromatic carbocycles. The van der Waals surface area contributed by atoms with Crippen molar-refractivity contribution in [1.29, 1.82) is 5.26 Å². The second-order valence-electron chi connectivity index (χ2n) is 5.13. The lowest BCUT2D eigenvalue weighted by Crippen LogP contribution is -2.52. The van der Waals surface area contributed by atoms with Crippen LogP contribution in [0.5, 0.6) is 0 Å². The highest BCUT2D eigenvalue weighted by atomic mass is 15.3. The summed E-state index contributed by atoms with van der Waals surface area (Å²) in [6, 6.07) is 3.02. The minimum absolute atomic E-state index is 0.585. The van der Waals surface area contributed by atoms with E-state index in [0.717, 1.165) is 12.7 Å². The Morgan fingerprint density at radius 1 is 1.31 bits per heavy atom. The Hall–Kier alpha value is -0.525. The molecule has 0 aromatic rings. The SMILES string of the molecule is CN1CCN(C2CC[B]CC2CC#N)CC1. The van der Waals surface area contributed by atoms with Gasteiger partial charge in [-0.3, -0.25) is 4.90 Å². The summed E-state index contributed by atoms with van der Waals surface area (Å²) in [5, 5.41) is 8.89. The molecule has 0 spiro atoms. The molecule has 0 saturated carbocycles. The van der Waals surface area contributed by atoms with Gasteiger partial charge in [-0.2, -0.15) is 5.26 Å². The maximum absolute atomic E-state index is 8.89. The molecular weight excluding hydrogens is 197 g/mol. The van der Waals surface area contributed by atoms with Gasteiger partial charge in [0.1, 0.15) is 7.28 Å². The zero-order valence-corrected chi connectivity index (χ0v) is 10.2. The van der Waals surface area contributed by atoms with Crippen molar-refractivity contribution in [2.24, 2.45) is 5.92 Å². The summed E-state index contributed by atoms with van der Waals surface area (Å²) in [7, 11) is 4.56. The van der Waals surface area contributed by atoms with Gasteiger partial charge in [-0.15, -0.1) is 0 Å². The van der Waals surface area contributed by atoms with E-state index >= 15 is 0 Å². The van der Waals surface area contributed by atoms with Crippen LogP contribution in [0.4, 0.5) is 0 Å². The summed E-state index contributed by atoms with van der Waals surface area (Å²) in [4.78, 5) is 5.01. The summed E-state index contributed by atoms with van der Waals surface area (Å²) in [5.74, 6) is 0.585. The van der Waals surface area contributed by atoms with Gasteiger partial charge < -0.3 is 4.90 Å². The zero-order chi connectivity index (χ0) is 11.4. The Balaban J connectivity index is 1.92. The molecule has 2 unspecified atom stereocenters. The molecule has 2 aliphatic heterocycles. The minimum atomic E-state index is 0.585. The number of rotatable bonds is 2. The van der Waals surface area contributed by atoms with Gasteiger partial charge >= 0.3 is 0 Å². The zero-order valence-electron chi connectivity index (χ0n) is 10.2. The monoisotopic (exact) mass is 218 g/mol. The normalized spacial score (nSPS) is 33.0. The lowest BCUT2D eigenvalue weighted by atomic mass is 9.58. The summed E-state index contributed by atoms with van der Waals surface area (Å²) in [6.45, 7) is 4.73. The predicted molar refractivity (Wildman–Crippen MR) is 66.6 cm³/mol. The van der Waals surface area contributed by atoms with Crippen molar-refractivity contribution in [3.63, 3.8) is 0 Å². The van der Waals surface area contributed by atoms with E-state index in [9.17, 15) is 0 Å². The van der Waals surface area contributed by atoms with Crippen LogP contribution < -0.4 is 0 Å². The number of nitrogens with zero attached hydrogens (tertiary/aromatic N) is 3. The highest BCUT2D eigenvalue weighted by Gasteiger charge is 2.31. The first-order chi connectivity index (χ1) is 7.81. The second kappa shape index (κ2) is 5.70. The van der Waals surface area contributed by atoms with Gasteiger partial charge in [-0.1, -0.05) is 12.6 Å². The quantitative estimate of drug-likeness (QED) is 0.649. The first kappa shape index (κ1) is 11.9. The molecule has 1 radical (unpaired) electrons. The number of piperazine rings is 1. The molecule has 0 aliphatic carbocycles. The van der Waals surface area contributed by atoms with Crippen LogP contribution in [0.1, 0.15) is 12.8 Å². The summed E-state index contributed by atoms with van der Waals surface area (Å²) in [6.07, 6.45) is 4.37. The summed E-state index contributed by atoms with van der Waals surface area (Å²) < 4.78 is 0. The van der Waals surface area contributed by atoms with Crippen LogP contribution in [0.25, 0.3) is 0 Å². The molecular formula is C12H21BN3. The molecule has 2 heterocycles. The first-order valence-electron chi connectivity index (χ1n) is 6.42. The number of hydrogen-bond donors (Lipinski definition) is 0. The lowest BCUT2D eigenvalue weighted by molar-refractivity contribution is 0.0800. The Morgan fingerprint density at radius 3 is 2.75 bits per heavy atom. The number of likely N-dealkylation sites (N-methyl/N-ethyl adjacent to an activating group) is 1. The highest BCUT2D eigenvalue weighted by molar-refractivity contribution is 6.35. The Bertz CT molecular complexity index is 255. The van der Waals surface area contributed by atoms with E-state index in [2.05, 4.69) is 30.2 Å². The molecule has 0 bridgehead atoms. The minimum Gasteiger partial charge on any atom is -0.304 e. The van der Waals surface area contributed by atoms with E-state index in [1.807, 2.05) is 0 Å². The molecule has 2 atom stereocenters. The second-order valence-corrected chi connectivity index (χ2v) is 5.13. The van der Waals surface area contributed by atoms with Crippen molar-refractivity contribution in [2.75, 3.05) is 33.2 Å².